The van der Waals surface area contributed by atoms with Crippen LogP contribution in [0.4, 0.5) is 0 Å². The summed E-state index contributed by atoms with van der Waals surface area (Å²) in [6.45, 7) is 16.1. The van der Waals surface area contributed by atoms with Crippen LogP contribution in [0.1, 0.15) is 93.9 Å². The zero-order valence-corrected chi connectivity index (χ0v) is 38.2. The van der Waals surface area contributed by atoms with Crippen LogP contribution in [-0.2, 0) is 52.2 Å². The van der Waals surface area contributed by atoms with Gasteiger partial charge in [0.15, 0.2) is 18.4 Å². The summed E-state index contributed by atoms with van der Waals surface area (Å²) in [7, 11) is 3.22. The molecule has 348 valence electrons. The number of carbonyl (C=O) groups excluding carboxylic acids is 1. The van der Waals surface area contributed by atoms with Crippen LogP contribution in [0, 0.1) is 23.7 Å². The molecule has 6 heterocycles. The molecule has 7 rings (SSSR count). The Labute approximate surface area is 367 Å². The van der Waals surface area contributed by atoms with Gasteiger partial charge in [-0.3, -0.25) is 0 Å². The summed E-state index contributed by atoms with van der Waals surface area (Å²) in [5.74, 6) is -1.99. The van der Waals surface area contributed by atoms with Crippen LogP contribution >= 0.6 is 0 Å². The zero-order valence-electron chi connectivity index (χ0n) is 38.2. The molecule has 0 saturated carbocycles. The van der Waals surface area contributed by atoms with Crippen LogP contribution < -0.4 is 0 Å². The first-order valence-electron chi connectivity index (χ1n) is 22.9. The predicted molar refractivity (Wildman–Crippen MR) is 227 cm³/mol. The number of esters is 1. The molecule has 1 spiro atoms. The van der Waals surface area contributed by atoms with Gasteiger partial charge in [-0.15, -0.1) is 0 Å². The molecule has 0 aromatic rings. The van der Waals surface area contributed by atoms with Gasteiger partial charge in [-0.2, -0.15) is 0 Å². The predicted octanol–water partition coefficient (Wildman–Crippen LogP) is 5.38. The van der Waals surface area contributed by atoms with Crippen molar-refractivity contribution in [2.24, 2.45) is 23.7 Å². The Morgan fingerprint density at radius 1 is 0.871 bits per heavy atom. The van der Waals surface area contributed by atoms with Crippen molar-refractivity contribution in [3.63, 3.8) is 0 Å². The van der Waals surface area contributed by atoms with Crippen LogP contribution in [-0.4, -0.2) is 139 Å². The molecule has 14 heteroatoms. The van der Waals surface area contributed by atoms with Gasteiger partial charge < -0.3 is 62.7 Å². The molecule has 0 unspecified atom stereocenters. The van der Waals surface area contributed by atoms with Crippen molar-refractivity contribution in [3.05, 3.63) is 59.3 Å². The summed E-state index contributed by atoms with van der Waals surface area (Å²) < 4.78 is 63.6. The third-order valence-electron chi connectivity index (χ3n) is 14.4. The average molecular weight is 873 g/mol. The fourth-order valence-electron chi connectivity index (χ4n) is 10.5. The van der Waals surface area contributed by atoms with E-state index in [0.717, 1.165) is 12.0 Å². The van der Waals surface area contributed by atoms with Crippen molar-refractivity contribution in [2.45, 2.75) is 191 Å². The highest BCUT2D eigenvalue weighted by molar-refractivity contribution is 5.93. The van der Waals surface area contributed by atoms with E-state index in [-0.39, 0.29) is 54.7 Å². The smallest absolute Gasteiger partial charge is 0.337 e. The lowest BCUT2D eigenvalue weighted by Crippen LogP contribution is -2.56. The Hall–Kier alpha value is -2.31. The van der Waals surface area contributed by atoms with Crippen LogP contribution in [0.15, 0.2) is 59.3 Å². The normalized spacial score (nSPS) is 49.1. The van der Waals surface area contributed by atoms with E-state index in [2.05, 4.69) is 39.8 Å². The number of aliphatic hydroxyl groups excluding tert-OH is 2. The van der Waals surface area contributed by atoms with Gasteiger partial charge in [-0.25, -0.2) is 4.79 Å². The standard InChI is InChI=1S/C48H72O14/c1-11-25(2)43-28(5)17-18-47(62-43)23-34-20-33(61-47)16-15-27(4)42(26(3)13-12-14-32-24-55-45-40(49)29(6)19-35(46(51)58-34)48(32,45)52)59-39-22-37(54-10)44(31(8)57-39)60-38-21-36(53-9)41(50)30(7)56-38/h12-15,17-19,25-26,28-31,33-34,36-45,49-50,52H,11,16,20-24H2,1-10H3/b13-12+,27-15+,32-14+/t25-,26-,28-,29-,30-,31-,33+,34-,36-,37-,38-,39-,40+,41-,42-,43+,44-,45+,47+,48+/m0/s1. The van der Waals surface area contributed by atoms with E-state index in [9.17, 15) is 20.1 Å². The second-order valence-electron chi connectivity index (χ2n) is 19.0. The third kappa shape index (κ3) is 9.64. The number of rotatable bonds is 8. The molecule has 4 saturated heterocycles. The summed E-state index contributed by atoms with van der Waals surface area (Å²) in [6.07, 6.45) is 8.54. The summed E-state index contributed by atoms with van der Waals surface area (Å²) >= 11 is 0. The maximum atomic E-state index is 14.3. The Morgan fingerprint density at radius 3 is 2.31 bits per heavy atom. The number of allylic oxidation sites excluding steroid dienone is 2. The summed E-state index contributed by atoms with van der Waals surface area (Å²) in [6, 6.07) is 0. The third-order valence-corrected chi connectivity index (χ3v) is 14.4. The number of carbonyl (C=O) groups is 1. The van der Waals surface area contributed by atoms with Gasteiger partial charge in [0.1, 0.15) is 30.0 Å². The molecular formula is C48H72O14. The van der Waals surface area contributed by atoms with Crippen molar-refractivity contribution in [1.82, 2.24) is 0 Å². The molecule has 0 aromatic heterocycles. The van der Waals surface area contributed by atoms with Gasteiger partial charge >= 0.3 is 5.97 Å². The van der Waals surface area contributed by atoms with Crippen molar-refractivity contribution in [3.8, 4) is 0 Å². The van der Waals surface area contributed by atoms with Crippen LogP contribution in [0.3, 0.4) is 0 Å². The highest BCUT2D eigenvalue weighted by Crippen LogP contribution is 2.47. The van der Waals surface area contributed by atoms with Crippen LogP contribution in [0.2, 0.25) is 0 Å². The molecule has 6 aliphatic heterocycles. The summed E-state index contributed by atoms with van der Waals surface area (Å²) in [5, 5.41) is 34.2. The number of aliphatic hydroxyl groups is 3. The van der Waals surface area contributed by atoms with Gasteiger partial charge in [0, 0.05) is 57.7 Å². The van der Waals surface area contributed by atoms with Gasteiger partial charge in [-0.1, -0.05) is 77.5 Å². The van der Waals surface area contributed by atoms with Crippen molar-refractivity contribution in [1.29, 1.82) is 0 Å². The molecule has 0 radical (unpaired) electrons. The second-order valence-corrected chi connectivity index (χ2v) is 19.0. The van der Waals surface area contributed by atoms with Crippen molar-refractivity contribution in [2.75, 3.05) is 20.8 Å². The SMILES string of the molecule is CC[C@H](C)[C@H]1O[C@]2(C=C[C@@H]1C)C[C@@H]1C[C@@H](C/C=C(\C)[C@@H](O[C@H]3C[C@H](OC)[C@@H](O[C@H]4C[C@H](OC)[C@@H](O)[C@H](C)O4)[C@H](C)O3)[C@@H](C)/C=C/C=C3\CO[C@@H]4[C@H](O)[C@@H](C)C=C(C(=O)O1)[C@]34O)O2. The minimum atomic E-state index is -1.90. The molecule has 1 aliphatic carbocycles. The van der Waals surface area contributed by atoms with Crippen LogP contribution in [0.25, 0.3) is 0 Å². The Kier molecular flexibility index (Phi) is 15.1. The van der Waals surface area contributed by atoms with Gasteiger partial charge in [-0.05, 0) is 50.3 Å². The monoisotopic (exact) mass is 872 g/mol. The Balaban J connectivity index is 1.18. The fraction of sp³-hybridized carbons (Fsp3) is 0.771. The van der Waals surface area contributed by atoms with E-state index >= 15 is 0 Å². The Bertz CT molecular complexity index is 1730. The highest BCUT2D eigenvalue weighted by atomic mass is 16.7. The van der Waals surface area contributed by atoms with Crippen molar-refractivity contribution >= 4 is 5.97 Å². The number of hydrogen-bond donors (Lipinski definition) is 3. The van der Waals surface area contributed by atoms with Gasteiger partial charge in [0.2, 0.25) is 0 Å². The maximum absolute atomic E-state index is 14.3. The lowest BCUT2D eigenvalue weighted by atomic mass is 9.72. The Morgan fingerprint density at radius 2 is 1.58 bits per heavy atom. The van der Waals surface area contributed by atoms with E-state index in [1.165, 1.54) is 0 Å². The first-order chi connectivity index (χ1) is 29.5. The molecule has 0 amide bonds. The van der Waals surface area contributed by atoms with E-state index in [0.29, 0.717) is 31.3 Å². The lowest BCUT2D eigenvalue weighted by molar-refractivity contribution is -0.318. The van der Waals surface area contributed by atoms with E-state index < -0.39 is 90.8 Å². The minimum absolute atomic E-state index is 0.0242. The lowest BCUT2D eigenvalue weighted by Gasteiger charge is -2.48. The largest absolute Gasteiger partial charge is 0.459 e. The number of methoxy groups -OCH3 is 2. The molecule has 3 N–H and O–H groups in total. The number of ether oxygens (including phenoxy) is 10. The first kappa shape index (κ1) is 47.6. The molecule has 20 atom stereocenters. The van der Waals surface area contributed by atoms with Crippen molar-refractivity contribution < 1.29 is 67.5 Å². The zero-order chi connectivity index (χ0) is 44.7. The molecule has 62 heavy (non-hydrogen) atoms. The van der Waals surface area contributed by atoms with Gasteiger partial charge in [0.25, 0.3) is 0 Å². The maximum Gasteiger partial charge on any atom is 0.337 e. The molecule has 14 nitrogen and oxygen atoms in total. The topological polar surface area (TPSA) is 170 Å². The van der Waals surface area contributed by atoms with E-state index in [1.54, 1.807) is 40.2 Å². The van der Waals surface area contributed by atoms with E-state index in [1.807, 2.05) is 32.1 Å². The first-order valence-corrected chi connectivity index (χ1v) is 22.9. The molecule has 7 aliphatic rings. The quantitative estimate of drug-likeness (QED) is 0.210. The molecule has 0 aromatic carbocycles. The summed E-state index contributed by atoms with van der Waals surface area (Å²) in [5.41, 5.74) is -0.426. The van der Waals surface area contributed by atoms with Gasteiger partial charge in [0.05, 0.1) is 61.0 Å². The highest BCUT2D eigenvalue weighted by Gasteiger charge is 2.58. The minimum Gasteiger partial charge on any atom is -0.459 e. The average Bonchev–Trinajstić information content (AvgIpc) is 3.58. The fourth-order valence-corrected chi connectivity index (χ4v) is 10.5. The second kappa shape index (κ2) is 19.7. The molecule has 4 fully saturated rings. The molecular weight excluding hydrogens is 801 g/mol. The van der Waals surface area contributed by atoms with E-state index in [4.69, 9.17) is 47.4 Å². The van der Waals surface area contributed by atoms with Crippen LogP contribution in [0.5, 0.6) is 0 Å². The number of fused-ring (bicyclic) bond motifs is 2. The molecule has 2 bridgehead atoms. The summed E-state index contributed by atoms with van der Waals surface area (Å²) in [4.78, 5) is 14.3. The number of hydrogen-bond acceptors (Lipinski definition) is 14.